The Balaban J connectivity index is 1.85. The summed E-state index contributed by atoms with van der Waals surface area (Å²) in [7, 11) is 1.43. The molecule has 0 amide bonds. The summed E-state index contributed by atoms with van der Waals surface area (Å²) in [5.74, 6) is 2.42. The van der Waals surface area contributed by atoms with E-state index in [1.165, 1.54) is 31.7 Å². The first-order chi connectivity index (χ1) is 7.83. The van der Waals surface area contributed by atoms with E-state index >= 15 is 0 Å². The van der Waals surface area contributed by atoms with E-state index in [2.05, 4.69) is 15.0 Å². The molecular formula is C11H22N2O2S. The Bertz CT molecular complexity index is 196. The van der Waals surface area contributed by atoms with Crippen LogP contribution in [0.3, 0.4) is 0 Å². The second-order valence-electron chi connectivity index (χ2n) is 3.88. The number of hydrogen-bond acceptors (Lipinski definition) is 5. The number of nitrogens with one attached hydrogen (secondary N) is 1. The van der Waals surface area contributed by atoms with Crippen molar-refractivity contribution in [2.75, 3.05) is 51.3 Å². The third kappa shape index (κ3) is 6.35. The average molecular weight is 246 g/mol. The molecule has 1 saturated heterocycles. The molecule has 1 fully saturated rings. The van der Waals surface area contributed by atoms with Crippen LogP contribution >= 0.6 is 11.8 Å². The highest BCUT2D eigenvalue weighted by Gasteiger charge is 2.08. The molecule has 0 bridgehead atoms. The first-order valence-corrected chi connectivity index (χ1v) is 7.06. The van der Waals surface area contributed by atoms with Gasteiger partial charge in [0.15, 0.2) is 0 Å². The van der Waals surface area contributed by atoms with Crippen LogP contribution in [0.5, 0.6) is 0 Å². The fourth-order valence-corrected chi connectivity index (χ4v) is 2.63. The molecular weight excluding hydrogens is 224 g/mol. The van der Waals surface area contributed by atoms with Crippen LogP contribution in [-0.2, 0) is 9.53 Å². The smallest absolute Gasteiger partial charge is 0.305 e. The number of ether oxygens (including phenoxy) is 1. The van der Waals surface area contributed by atoms with Gasteiger partial charge in [-0.15, -0.1) is 0 Å². The van der Waals surface area contributed by atoms with Gasteiger partial charge in [0, 0.05) is 44.1 Å². The second-order valence-corrected chi connectivity index (χ2v) is 5.11. The minimum absolute atomic E-state index is 0.116. The summed E-state index contributed by atoms with van der Waals surface area (Å²) in [4.78, 5) is 13.3. The molecule has 4 nitrogen and oxygen atoms in total. The molecule has 0 atom stereocenters. The summed E-state index contributed by atoms with van der Waals surface area (Å²) in [5, 5.41) is 3.36. The van der Waals surface area contributed by atoms with Crippen LogP contribution in [0.2, 0.25) is 0 Å². The topological polar surface area (TPSA) is 41.6 Å². The highest BCUT2D eigenvalue weighted by Crippen LogP contribution is 2.07. The lowest BCUT2D eigenvalue weighted by molar-refractivity contribution is -0.140. The minimum Gasteiger partial charge on any atom is -0.469 e. The maximum absolute atomic E-state index is 10.8. The van der Waals surface area contributed by atoms with Gasteiger partial charge in [-0.1, -0.05) is 0 Å². The zero-order valence-electron chi connectivity index (χ0n) is 10.0. The second kappa shape index (κ2) is 8.84. The lowest BCUT2D eigenvalue weighted by atomic mass is 10.3. The van der Waals surface area contributed by atoms with Crippen LogP contribution in [0.25, 0.3) is 0 Å². The van der Waals surface area contributed by atoms with E-state index in [-0.39, 0.29) is 5.97 Å². The van der Waals surface area contributed by atoms with Crippen molar-refractivity contribution in [2.45, 2.75) is 12.8 Å². The minimum atomic E-state index is -0.116. The fourth-order valence-electron chi connectivity index (χ4n) is 1.65. The highest BCUT2D eigenvalue weighted by atomic mass is 32.2. The Hall–Kier alpha value is -0.260. The van der Waals surface area contributed by atoms with Crippen molar-refractivity contribution < 1.29 is 9.53 Å². The van der Waals surface area contributed by atoms with Gasteiger partial charge < -0.3 is 15.0 Å². The first-order valence-electron chi connectivity index (χ1n) is 5.90. The quantitative estimate of drug-likeness (QED) is 0.526. The largest absolute Gasteiger partial charge is 0.469 e. The highest BCUT2D eigenvalue weighted by molar-refractivity contribution is 7.99. The van der Waals surface area contributed by atoms with E-state index < -0.39 is 0 Å². The number of carbonyl (C=O) groups excluding carboxylic acids is 1. The number of carbonyl (C=O) groups is 1. The van der Waals surface area contributed by atoms with Gasteiger partial charge in [-0.3, -0.25) is 4.79 Å². The predicted molar refractivity (Wildman–Crippen MR) is 67.9 cm³/mol. The van der Waals surface area contributed by atoms with Crippen LogP contribution in [-0.4, -0.2) is 62.2 Å². The van der Waals surface area contributed by atoms with Crippen LogP contribution in [0.15, 0.2) is 0 Å². The van der Waals surface area contributed by atoms with E-state index in [4.69, 9.17) is 0 Å². The molecule has 0 aromatic rings. The van der Waals surface area contributed by atoms with Gasteiger partial charge in [-0.25, -0.2) is 0 Å². The van der Waals surface area contributed by atoms with E-state index in [1.54, 1.807) is 0 Å². The molecule has 16 heavy (non-hydrogen) atoms. The summed E-state index contributed by atoms with van der Waals surface area (Å²) < 4.78 is 4.57. The molecule has 0 unspecified atom stereocenters. The van der Waals surface area contributed by atoms with Crippen molar-refractivity contribution in [3.63, 3.8) is 0 Å². The van der Waals surface area contributed by atoms with Crippen LogP contribution in [0.1, 0.15) is 12.8 Å². The van der Waals surface area contributed by atoms with E-state index in [0.29, 0.717) is 6.42 Å². The Morgan fingerprint density at radius 1 is 1.38 bits per heavy atom. The fraction of sp³-hybridized carbons (Fsp3) is 0.909. The monoisotopic (exact) mass is 246 g/mol. The summed E-state index contributed by atoms with van der Waals surface area (Å²) in [6.45, 7) is 5.48. The molecule has 1 N–H and O–H groups in total. The summed E-state index contributed by atoms with van der Waals surface area (Å²) in [5.41, 5.74) is 0. The average Bonchev–Trinajstić information content (AvgIpc) is 2.34. The molecule has 1 aliphatic rings. The van der Waals surface area contributed by atoms with Crippen LogP contribution < -0.4 is 5.32 Å². The van der Waals surface area contributed by atoms with Crippen molar-refractivity contribution in [3.8, 4) is 0 Å². The van der Waals surface area contributed by atoms with Gasteiger partial charge >= 0.3 is 5.97 Å². The number of nitrogens with zero attached hydrogens (tertiary/aromatic N) is 1. The zero-order valence-corrected chi connectivity index (χ0v) is 10.9. The Morgan fingerprint density at radius 3 is 2.81 bits per heavy atom. The first kappa shape index (κ1) is 13.8. The molecule has 0 aliphatic carbocycles. The number of hydrogen-bond donors (Lipinski definition) is 1. The molecule has 0 saturated carbocycles. The molecule has 0 radical (unpaired) electrons. The predicted octanol–water partition coefficient (Wildman–Crippen LogP) is 0.578. The number of methoxy groups -OCH3 is 1. The Morgan fingerprint density at radius 2 is 2.12 bits per heavy atom. The number of esters is 1. The lowest BCUT2D eigenvalue weighted by Crippen LogP contribution is -2.38. The molecule has 1 aliphatic heterocycles. The maximum Gasteiger partial charge on any atom is 0.305 e. The molecule has 0 aromatic carbocycles. The maximum atomic E-state index is 10.8. The van der Waals surface area contributed by atoms with Crippen LogP contribution in [0.4, 0.5) is 0 Å². The standard InChI is InChI=1S/C11H22N2O2S/c1-15-11(14)3-2-4-12-5-6-13-7-9-16-10-8-13/h12H,2-10H2,1H3. The van der Waals surface area contributed by atoms with Crippen molar-refractivity contribution in [1.82, 2.24) is 10.2 Å². The van der Waals surface area contributed by atoms with E-state index in [1.807, 2.05) is 11.8 Å². The Labute approximate surface area is 102 Å². The Kier molecular flexibility index (Phi) is 7.63. The third-order valence-electron chi connectivity index (χ3n) is 2.67. The molecule has 0 aromatic heterocycles. The van der Waals surface area contributed by atoms with Gasteiger partial charge in [0.25, 0.3) is 0 Å². The SMILES string of the molecule is COC(=O)CCCNCCN1CCSCC1. The van der Waals surface area contributed by atoms with Crippen LogP contribution in [0, 0.1) is 0 Å². The molecule has 5 heteroatoms. The molecule has 1 heterocycles. The summed E-state index contributed by atoms with van der Waals surface area (Å²) in [6, 6.07) is 0. The van der Waals surface area contributed by atoms with Gasteiger partial charge in [0.05, 0.1) is 7.11 Å². The van der Waals surface area contributed by atoms with Crippen molar-refractivity contribution >= 4 is 17.7 Å². The number of thioether (sulfide) groups is 1. The number of rotatable bonds is 7. The summed E-state index contributed by atoms with van der Waals surface area (Å²) >= 11 is 2.04. The van der Waals surface area contributed by atoms with Gasteiger partial charge in [-0.05, 0) is 13.0 Å². The molecule has 1 rings (SSSR count). The van der Waals surface area contributed by atoms with Gasteiger partial charge in [0.1, 0.15) is 0 Å². The lowest BCUT2D eigenvalue weighted by Gasteiger charge is -2.26. The van der Waals surface area contributed by atoms with E-state index in [0.717, 1.165) is 26.1 Å². The third-order valence-corrected chi connectivity index (χ3v) is 3.61. The van der Waals surface area contributed by atoms with Crippen molar-refractivity contribution in [3.05, 3.63) is 0 Å². The van der Waals surface area contributed by atoms with Gasteiger partial charge in [-0.2, -0.15) is 11.8 Å². The van der Waals surface area contributed by atoms with Gasteiger partial charge in [0.2, 0.25) is 0 Å². The normalized spacial score (nSPS) is 17.3. The molecule has 0 spiro atoms. The molecule has 94 valence electrons. The van der Waals surface area contributed by atoms with Crippen molar-refractivity contribution in [2.24, 2.45) is 0 Å². The zero-order chi connectivity index (χ0) is 11.6. The van der Waals surface area contributed by atoms with E-state index in [9.17, 15) is 4.79 Å². The summed E-state index contributed by atoms with van der Waals surface area (Å²) in [6.07, 6.45) is 1.38. The van der Waals surface area contributed by atoms with Crippen molar-refractivity contribution in [1.29, 1.82) is 0 Å².